The number of rotatable bonds is 6. The first-order valence-corrected chi connectivity index (χ1v) is 12.1. The van der Waals surface area contributed by atoms with Gasteiger partial charge in [0.25, 0.3) is 5.56 Å². The summed E-state index contributed by atoms with van der Waals surface area (Å²) in [7, 11) is 3.59. The number of nitrogens with zero attached hydrogens (tertiary/aromatic N) is 4. The van der Waals surface area contributed by atoms with E-state index in [1.165, 1.54) is 0 Å². The third kappa shape index (κ3) is 4.83. The zero-order chi connectivity index (χ0) is 25.2. The summed E-state index contributed by atoms with van der Waals surface area (Å²) in [6.07, 6.45) is 1.11. The lowest BCUT2D eigenvalue weighted by Gasteiger charge is -2.29. The van der Waals surface area contributed by atoms with Gasteiger partial charge in [0.15, 0.2) is 6.29 Å². The molecule has 10 heteroatoms. The highest BCUT2D eigenvalue weighted by molar-refractivity contribution is 6.33. The fourth-order valence-corrected chi connectivity index (χ4v) is 4.49. The summed E-state index contributed by atoms with van der Waals surface area (Å²) >= 11 is 6.73. The number of hydrogen-bond donors (Lipinski definition) is 2. The minimum absolute atomic E-state index is 0.111. The highest BCUT2D eigenvalue weighted by atomic mass is 35.5. The van der Waals surface area contributed by atoms with Crippen LogP contribution in [0.5, 0.6) is 0 Å². The van der Waals surface area contributed by atoms with Crippen molar-refractivity contribution in [2.45, 2.75) is 25.8 Å². The quantitative estimate of drug-likeness (QED) is 0.409. The predicted molar refractivity (Wildman–Crippen MR) is 140 cm³/mol. The number of pyridine rings is 2. The molecule has 1 saturated heterocycles. The van der Waals surface area contributed by atoms with Crippen LogP contribution in [0.25, 0.3) is 33.4 Å². The molecule has 0 amide bonds. The van der Waals surface area contributed by atoms with Gasteiger partial charge in [0.05, 0.1) is 31.5 Å². The summed E-state index contributed by atoms with van der Waals surface area (Å²) in [4.78, 5) is 27.3. The Balaban J connectivity index is 1.59. The molecule has 5 rings (SSSR count). The van der Waals surface area contributed by atoms with E-state index in [1.807, 2.05) is 50.4 Å². The summed E-state index contributed by atoms with van der Waals surface area (Å²) < 4.78 is 13.3. The van der Waals surface area contributed by atoms with E-state index < -0.39 is 6.29 Å². The molecule has 4 aromatic rings. The van der Waals surface area contributed by atoms with Crippen LogP contribution in [0.4, 0.5) is 5.95 Å². The minimum atomic E-state index is -0.580. The van der Waals surface area contributed by atoms with Gasteiger partial charge in [0.2, 0.25) is 5.95 Å². The van der Waals surface area contributed by atoms with Crippen LogP contribution in [-0.4, -0.2) is 59.2 Å². The lowest BCUT2D eigenvalue weighted by molar-refractivity contribution is -0.194. The molecule has 0 saturated carbocycles. The number of likely N-dealkylation sites (N-methyl/N-ethyl adjacent to an activating group) is 1. The Morgan fingerprint density at radius 2 is 1.89 bits per heavy atom. The lowest BCUT2D eigenvalue weighted by Crippen LogP contribution is -2.45. The largest absolute Gasteiger partial charge is 0.357 e. The van der Waals surface area contributed by atoms with Crippen molar-refractivity contribution < 1.29 is 9.47 Å². The Kier molecular flexibility index (Phi) is 6.97. The zero-order valence-electron chi connectivity index (χ0n) is 20.3. The Hall–Kier alpha value is -3.37. The van der Waals surface area contributed by atoms with E-state index in [1.54, 1.807) is 23.9 Å². The number of anilines is 1. The standard InChI is InChI=1S/C26H27ClN6O3/c1-15-5-4-6-22(31-15)16-7-8-19(21(27)10-16)20-9-17-11-30-26(29-3)32-24(17)33(25(20)34)12-23-35-13-18(28-2)14-36-23/h4-11,18,23,28H,12-14H2,1-3H3,(H,29,30,32). The first kappa shape index (κ1) is 24.3. The molecule has 0 radical (unpaired) electrons. The SMILES string of the molecule is CNc1ncc2cc(-c3ccc(-c4cccc(C)n4)cc3Cl)c(=O)n(CC3OCC(NC)CO3)c2n1. The van der Waals surface area contributed by atoms with Crippen molar-refractivity contribution in [2.75, 3.05) is 32.6 Å². The molecular weight excluding hydrogens is 480 g/mol. The second kappa shape index (κ2) is 10.3. The van der Waals surface area contributed by atoms with Gasteiger partial charge < -0.3 is 20.1 Å². The Labute approximate surface area is 213 Å². The van der Waals surface area contributed by atoms with E-state index in [0.29, 0.717) is 46.3 Å². The average molecular weight is 507 g/mol. The van der Waals surface area contributed by atoms with Crippen LogP contribution in [0, 0.1) is 6.92 Å². The molecule has 0 spiro atoms. The van der Waals surface area contributed by atoms with Crippen LogP contribution in [0.2, 0.25) is 5.02 Å². The average Bonchev–Trinajstić information content (AvgIpc) is 2.90. The Morgan fingerprint density at radius 3 is 2.58 bits per heavy atom. The molecule has 3 aromatic heterocycles. The number of aromatic nitrogens is 4. The van der Waals surface area contributed by atoms with Crippen molar-refractivity contribution in [1.82, 2.24) is 24.8 Å². The van der Waals surface area contributed by atoms with Gasteiger partial charge in [-0.3, -0.25) is 14.3 Å². The number of fused-ring (bicyclic) bond motifs is 1. The molecule has 186 valence electrons. The lowest BCUT2D eigenvalue weighted by atomic mass is 10.0. The van der Waals surface area contributed by atoms with Crippen LogP contribution >= 0.6 is 11.6 Å². The molecule has 0 aliphatic carbocycles. The maximum atomic E-state index is 13.8. The van der Waals surface area contributed by atoms with Crippen LogP contribution < -0.4 is 16.2 Å². The van der Waals surface area contributed by atoms with Gasteiger partial charge in [0, 0.05) is 46.0 Å². The second-order valence-corrected chi connectivity index (χ2v) is 9.04. The first-order valence-electron chi connectivity index (χ1n) is 11.7. The van der Waals surface area contributed by atoms with Gasteiger partial charge in [-0.1, -0.05) is 29.8 Å². The maximum absolute atomic E-state index is 13.8. The molecule has 1 aliphatic rings. The molecule has 1 fully saturated rings. The number of nitrogens with one attached hydrogen (secondary N) is 2. The van der Waals surface area contributed by atoms with Crippen LogP contribution in [0.3, 0.4) is 0 Å². The van der Waals surface area contributed by atoms with Gasteiger partial charge in [-0.25, -0.2) is 4.98 Å². The molecule has 4 heterocycles. The van der Waals surface area contributed by atoms with Gasteiger partial charge in [-0.2, -0.15) is 4.98 Å². The number of aryl methyl sites for hydroxylation is 1. The summed E-state index contributed by atoms with van der Waals surface area (Å²) in [5.74, 6) is 0.414. The van der Waals surface area contributed by atoms with Crippen molar-refractivity contribution in [3.63, 3.8) is 0 Å². The maximum Gasteiger partial charge on any atom is 0.260 e. The third-order valence-corrected chi connectivity index (χ3v) is 6.51. The first-order chi connectivity index (χ1) is 17.5. The summed E-state index contributed by atoms with van der Waals surface area (Å²) in [6, 6.07) is 13.3. The number of hydrogen-bond acceptors (Lipinski definition) is 8. The molecule has 36 heavy (non-hydrogen) atoms. The normalized spacial score (nSPS) is 17.9. The summed E-state index contributed by atoms with van der Waals surface area (Å²) in [6.45, 7) is 3.11. The van der Waals surface area contributed by atoms with E-state index in [0.717, 1.165) is 17.0 Å². The van der Waals surface area contributed by atoms with Gasteiger partial charge in [-0.15, -0.1) is 0 Å². The van der Waals surface area contributed by atoms with Crippen molar-refractivity contribution in [2.24, 2.45) is 0 Å². The van der Waals surface area contributed by atoms with Crippen molar-refractivity contribution in [3.05, 3.63) is 69.7 Å². The summed E-state index contributed by atoms with van der Waals surface area (Å²) in [5, 5.41) is 7.22. The van der Waals surface area contributed by atoms with Crippen molar-refractivity contribution in [3.8, 4) is 22.4 Å². The number of halogens is 1. The minimum Gasteiger partial charge on any atom is -0.357 e. The van der Waals surface area contributed by atoms with E-state index in [9.17, 15) is 4.79 Å². The number of benzene rings is 1. The molecule has 0 bridgehead atoms. The molecule has 1 aliphatic heterocycles. The Morgan fingerprint density at radius 1 is 1.08 bits per heavy atom. The van der Waals surface area contributed by atoms with E-state index >= 15 is 0 Å². The molecule has 0 unspecified atom stereocenters. The van der Waals surface area contributed by atoms with Gasteiger partial charge in [0.1, 0.15) is 5.65 Å². The van der Waals surface area contributed by atoms with Crippen LogP contribution in [-0.2, 0) is 16.0 Å². The topological polar surface area (TPSA) is 103 Å². The third-order valence-electron chi connectivity index (χ3n) is 6.20. The van der Waals surface area contributed by atoms with Gasteiger partial charge in [-0.05, 0) is 38.2 Å². The zero-order valence-corrected chi connectivity index (χ0v) is 21.0. The fraction of sp³-hybridized carbons (Fsp3) is 0.308. The van der Waals surface area contributed by atoms with Crippen molar-refractivity contribution >= 4 is 28.6 Å². The predicted octanol–water partition coefficient (Wildman–Crippen LogP) is 3.48. The molecule has 0 atom stereocenters. The highest BCUT2D eigenvalue weighted by Crippen LogP contribution is 2.31. The monoisotopic (exact) mass is 506 g/mol. The molecule has 1 aromatic carbocycles. The summed E-state index contributed by atoms with van der Waals surface area (Å²) in [5.41, 5.74) is 3.92. The van der Waals surface area contributed by atoms with E-state index in [2.05, 4.69) is 25.6 Å². The Bertz CT molecular complexity index is 1470. The van der Waals surface area contributed by atoms with Gasteiger partial charge >= 0.3 is 0 Å². The smallest absolute Gasteiger partial charge is 0.260 e. The van der Waals surface area contributed by atoms with E-state index in [4.69, 9.17) is 21.1 Å². The van der Waals surface area contributed by atoms with Crippen molar-refractivity contribution in [1.29, 1.82) is 0 Å². The molecule has 9 nitrogen and oxygen atoms in total. The number of ether oxygens (including phenoxy) is 2. The van der Waals surface area contributed by atoms with E-state index in [-0.39, 0.29) is 18.1 Å². The van der Waals surface area contributed by atoms with Crippen LogP contribution in [0.1, 0.15) is 5.69 Å². The molecular formula is C26H27ClN6O3. The fourth-order valence-electron chi connectivity index (χ4n) is 4.20. The molecule has 2 N–H and O–H groups in total. The highest BCUT2D eigenvalue weighted by Gasteiger charge is 2.24. The second-order valence-electron chi connectivity index (χ2n) is 8.64. The van der Waals surface area contributed by atoms with Crippen LogP contribution in [0.15, 0.2) is 53.5 Å².